The number of benzene rings is 5. The van der Waals surface area contributed by atoms with Crippen molar-refractivity contribution in [1.29, 1.82) is 0 Å². The van der Waals surface area contributed by atoms with Crippen molar-refractivity contribution in [2.45, 2.75) is 57.8 Å². The second-order valence-corrected chi connectivity index (χ2v) is 17.2. The first-order chi connectivity index (χ1) is 29.5. The van der Waals surface area contributed by atoms with Crippen molar-refractivity contribution in [3.63, 3.8) is 0 Å². The normalized spacial score (nSPS) is 20.3. The van der Waals surface area contributed by atoms with Crippen LogP contribution in [0, 0.1) is 17.8 Å². The number of amides is 3. The van der Waals surface area contributed by atoms with Gasteiger partial charge in [0.2, 0.25) is 11.8 Å². The number of nitrogens with one attached hydrogen (secondary N) is 3. The Hall–Kier alpha value is -6.31. The summed E-state index contributed by atoms with van der Waals surface area (Å²) < 4.78 is 10.3. The highest BCUT2D eigenvalue weighted by atomic mass is 16.5. The predicted octanol–water partition coefficient (Wildman–Crippen LogP) is 7.94. The zero-order valence-electron chi connectivity index (χ0n) is 35.1. The molecule has 4 heterocycles. The maximum absolute atomic E-state index is 13.9. The van der Waals surface area contributed by atoms with Crippen LogP contribution >= 0.6 is 0 Å². The number of carbonyl (C=O) groups is 3. The Balaban J connectivity index is 0.989. The first-order valence-corrected chi connectivity index (χ1v) is 21.1. The number of nitrogens with zero attached hydrogens (tertiary/aromatic N) is 4. The molecule has 0 saturated carbocycles. The lowest BCUT2D eigenvalue weighted by Gasteiger charge is -2.30. The lowest BCUT2D eigenvalue weighted by Crippen LogP contribution is -2.51. The van der Waals surface area contributed by atoms with Crippen LogP contribution in [0.15, 0.2) is 91.0 Å². The molecule has 0 bridgehead atoms. The zero-order valence-corrected chi connectivity index (χ0v) is 35.1. The quantitative estimate of drug-likeness (QED) is 0.108. The molecule has 5 aromatic carbocycles. The molecule has 7 aromatic rings. The van der Waals surface area contributed by atoms with E-state index in [4.69, 9.17) is 25.2 Å². The summed E-state index contributed by atoms with van der Waals surface area (Å²) in [7, 11) is 2.99. The highest BCUT2D eigenvalue weighted by molar-refractivity contribution is 6.07. The van der Waals surface area contributed by atoms with Gasteiger partial charge in [0.05, 0.1) is 47.9 Å². The van der Waals surface area contributed by atoms with E-state index in [1.54, 1.807) is 7.11 Å². The molecule has 2 fully saturated rings. The molecule has 2 aromatic heterocycles. The number of rotatable bonds is 10. The van der Waals surface area contributed by atoms with Crippen LogP contribution in [0.5, 0.6) is 0 Å². The van der Waals surface area contributed by atoms with Gasteiger partial charge in [0.1, 0.15) is 23.7 Å². The van der Waals surface area contributed by atoms with E-state index in [-0.39, 0.29) is 41.7 Å². The van der Waals surface area contributed by atoms with Gasteiger partial charge in [0.25, 0.3) is 0 Å². The number of aromatic amines is 2. The highest BCUT2D eigenvalue weighted by Gasteiger charge is 2.41. The van der Waals surface area contributed by atoms with E-state index in [2.05, 4.69) is 82.9 Å². The van der Waals surface area contributed by atoms with E-state index in [0.717, 1.165) is 84.8 Å². The summed E-state index contributed by atoms with van der Waals surface area (Å²) >= 11 is 0. The van der Waals surface area contributed by atoms with Gasteiger partial charge in [-0.3, -0.25) is 9.59 Å². The van der Waals surface area contributed by atoms with Gasteiger partial charge in [-0.15, -0.1) is 0 Å². The summed E-state index contributed by atoms with van der Waals surface area (Å²) in [4.78, 5) is 61.0. The van der Waals surface area contributed by atoms with Crippen molar-refractivity contribution in [3.8, 4) is 11.1 Å². The molecule has 2 saturated heterocycles. The molecule has 61 heavy (non-hydrogen) atoms. The van der Waals surface area contributed by atoms with Gasteiger partial charge in [0, 0.05) is 36.9 Å². The van der Waals surface area contributed by atoms with E-state index in [9.17, 15) is 14.4 Å². The molecule has 314 valence electrons. The lowest BCUT2D eigenvalue weighted by molar-refractivity contribution is -0.135. The first-order valence-electron chi connectivity index (χ1n) is 21.1. The number of alkyl carbamates (subject to hydrolysis) is 1. The number of hydrogen-bond acceptors (Lipinski definition) is 8. The molecule has 2 aliphatic heterocycles. The Morgan fingerprint density at radius 2 is 1.34 bits per heavy atom. The van der Waals surface area contributed by atoms with Gasteiger partial charge < -0.3 is 40.3 Å². The minimum atomic E-state index is -0.766. The first kappa shape index (κ1) is 40.1. The molecule has 3 amide bonds. The Morgan fingerprint density at radius 3 is 1.90 bits per heavy atom. The van der Waals surface area contributed by atoms with Gasteiger partial charge in [-0.25, -0.2) is 14.8 Å². The average Bonchev–Trinajstić information content (AvgIpc) is 4.09. The summed E-state index contributed by atoms with van der Waals surface area (Å²) in [6.45, 7) is 7.64. The third kappa shape index (κ3) is 7.46. The van der Waals surface area contributed by atoms with Crippen molar-refractivity contribution in [2.24, 2.45) is 23.5 Å². The topological polar surface area (TPSA) is 172 Å². The van der Waals surface area contributed by atoms with Crippen molar-refractivity contribution in [2.75, 3.05) is 33.9 Å². The Kier molecular flexibility index (Phi) is 10.7. The third-order valence-electron chi connectivity index (χ3n) is 12.6. The van der Waals surface area contributed by atoms with Gasteiger partial charge in [-0.05, 0) is 76.4 Å². The number of fused-ring (bicyclic) bond motifs is 6. The maximum Gasteiger partial charge on any atom is 0.407 e. The molecule has 0 radical (unpaired) electrons. The highest BCUT2D eigenvalue weighted by Crippen LogP contribution is 2.40. The van der Waals surface area contributed by atoms with Crippen LogP contribution in [-0.2, 0) is 19.1 Å². The number of hydrogen-bond donors (Lipinski definition) is 4. The fraction of sp³-hybridized carbons (Fsp3) is 0.354. The van der Waals surface area contributed by atoms with Crippen molar-refractivity contribution in [3.05, 3.63) is 108 Å². The number of ether oxygens (including phenoxy) is 2. The molecular formula is C48H52N8O5. The van der Waals surface area contributed by atoms with Crippen LogP contribution in [-0.4, -0.2) is 87.6 Å². The number of aromatic nitrogens is 4. The molecule has 13 heteroatoms. The lowest BCUT2D eigenvalue weighted by atomic mass is 9.98. The van der Waals surface area contributed by atoms with E-state index in [1.807, 2.05) is 54.0 Å². The largest absolute Gasteiger partial charge is 0.453 e. The van der Waals surface area contributed by atoms with Crippen LogP contribution in [0.4, 0.5) is 4.79 Å². The summed E-state index contributed by atoms with van der Waals surface area (Å²) in [5.41, 5.74) is 13.0. The van der Waals surface area contributed by atoms with Crippen LogP contribution in [0.1, 0.15) is 69.0 Å². The summed E-state index contributed by atoms with van der Waals surface area (Å²) in [5.74, 6) is 1.55. The Morgan fingerprint density at radius 1 is 0.770 bits per heavy atom. The monoisotopic (exact) mass is 820 g/mol. The summed E-state index contributed by atoms with van der Waals surface area (Å²) in [6, 6.07) is 28.8. The molecular weight excluding hydrogens is 769 g/mol. The van der Waals surface area contributed by atoms with Crippen LogP contribution in [0.3, 0.4) is 0 Å². The average molecular weight is 821 g/mol. The second kappa shape index (κ2) is 16.3. The zero-order chi connectivity index (χ0) is 42.5. The molecule has 13 nitrogen and oxygen atoms in total. The number of imidazole rings is 2. The van der Waals surface area contributed by atoms with Gasteiger partial charge in [-0.1, -0.05) is 87.5 Å². The smallest absolute Gasteiger partial charge is 0.407 e. The fourth-order valence-electron chi connectivity index (χ4n) is 9.51. The summed E-state index contributed by atoms with van der Waals surface area (Å²) in [5, 5.41) is 6.89. The standard InChI is InChI=1S/C48H52N8O5/c1-26(2)41(54-48(59)61-5)47(58)55-23-27(3)19-38(55)44-50-36-17-13-32-21-30(11-15-34(32)42(36)52-44)31-12-16-35-33(22-31)14-18-37-43(35)53-45(51-37)39-20-28(25-60-4)24-56(39)46(57)40(49)29-9-7-6-8-10-29/h6-18,21-22,26-28,38-41H,19-20,23-25,49H2,1-5H3,(H,50,52)(H,51,53)(H,54,59)/t27?,28?,38?,39?,40-,41?/m1/s1. The SMILES string of the molecule is COCC1CC(c2nc3c(ccc4cc(-c5ccc6c(ccc7[nH]c(C8CC(C)CN8C(=O)C(NC(=O)OC)C(C)C)nc76)c5)ccc43)[nH]2)N(C(=O)[C@H](N)c2ccccc2)C1. The van der Waals surface area contributed by atoms with Crippen molar-refractivity contribution >= 4 is 61.5 Å². The number of likely N-dealkylation sites (tertiary alicyclic amines) is 2. The van der Waals surface area contributed by atoms with E-state index >= 15 is 0 Å². The molecule has 0 spiro atoms. The minimum Gasteiger partial charge on any atom is -0.453 e. The fourth-order valence-corrected chi connectivity index (χ4v) is 9.51. The number of methoxy groups -OCH3 is 2. The van der Waals surface area contributed by atoms with Gasteiger partial charge in [-0.2, -0.15) is 0 Å². The number of H-pyrrole nitrogens is 2. The van der Waals surface area contributed by atoms with E-state index in [1.165, 1.54) is 7.11 Å². The van der Waals surface area contributed by atoms with Crippen molar-refractivity contribution < 1.29 is 23.9 Å². The molecule has 6 atom stereocenters. The minimum absolute atomic E-state index is 0.120. The van der Waals surface area contributed by atoms with Crippen LogP contribution in [0.2, 0.25) is 0 Å². The van der Waals surface area contributed by atoms with E-state index in [0.29, 0.717) is 19.7 Å². The Bertz CT molecular complexity index is 2780. The maximum atomic E-state index is 13.9. The number of carbonyl (C=O) groups excluding carboxylic acids is 3. The van der Waals surface area contributed by atoms with Crippen LogP contribution < -0.4 is 11.1 Å². The predicted molar refractivity (Wildman–Crippen MR) is 236 cm³/mol. The van der Waals surface area contributed by atoms with Crippen LogP contribution in [0.25, 0.3) is 54.7 Å². The van der Waals surface area contributed by atoms with E-state index < -0.39 is 18.2 Å². The van der Waals surface area contributed by atoms with Crippen molar-refractivity contribution in [1.82, 2.24) is 35.1 Å². The molecule has 5 unspecified atom stereocenters. The summed E-state index contributed by atoms with van der Waals surface area (Å²) in [6.07, 6.45) is 0.868. The number of nitrogens with two attached hydrogens (primary N) is 1. The Labute approximate surface area is 354 Å². The molecule has 2 aliphatic rings. The molecule has 9 rings (SSSR count). The molecule has 5 N–H and O–H groups in total. The second-order valence-electron chi connectivity index (χ2n) is 17.2. The van der Waals surface area contributed by atoms with Gasteiger partial charge in [0.15, 0.2) is 0 Å². The molecule has 0 aliphatic carbocycles. The van der Waals surface area contributed by atoms with Gasteiger partial charge >= 0.3 is 6.09 Å². The third-order valence-corrected chi connectivity index (χ3v) is 12.6.